The highest BCUT2D eigenvalue weighted by Gasteiger charge is 2.37. The molecule has 1 saturated heterocycles. The minimum atomic E-state index is 0.243. The molecule has 1 amide bonds. The number of nitrogens with one attached hydrogen (secondary N) is 1. The number of anilines is 1. The minimum Gasteiger partial charge on any atom is -0.319 e. The van der Waals surface area contributed by atoms with Crippen LogP contribution in [0.1, 0.15) is 24.5 Å². The van der Waals surface area contributed by atoms with Crippen LogP contribution in [0.2, 0.25) is 0 Å². The highest BCUT2D eigenvalue weighted by atomic mass is 16.2. The maximum absolute atomic E-state index is 12.2. The fourth-order valence-electron chi connectivity index (χ4n) is 2.90. The number of carbonyl (C=O) groups is 1. The number of hydrogen-bond donors (Lipinski definition) is 1. The van der Waals surface area contributed by atoms with E-state index in [9.17, 15) is 4.79 Å². The first-order chi connectivity index (χ1) is 8.52. The van der Waals surface area contributed by atoms with Gasteiger partial charge in [0.1, 0.15) is 0 Å². The third-order valence-electron chi connectivity index (χ3n) is 3.75. The van der Waals surface area contributed by atoms with Gasteiger partial charge in [0.15, 0.2) is 0 Å². The first kappa shape index (κ1) is 13.1. The Labute approximate surface area is 109 Å². The van der Waals surface area contributed by atoms with Gasteiger partial charge in [0, 0.05) is 30.6 Å². The molecular formula is C15H22N2O. The summed E-state index contributed by atoms with van der Waals surface area (Å²) in [4.78, 5) is 14.2. The van der Waals surface area contributed by atoms with E-state index in [1.807, 2.05) is 11.9 Å². The molecule has 0 aliphatic carbocycles. The van der Waals surface area contributed by atoms with Crippen molar-refractivity contribution in [2.45, 2.75) is 33.2 Å². The summed E-state index contributed by atoms with van der Waals surface area (Å²) in [6.45, 7) is 7.19. The van der Waals surface area contributed by atoms with Crippen molar-refractivity contribution in [3.8, 4) is 0 Å². The topological polar surface area (TPSA) is 32.3 Å². The molecule has 2 atom stereocenters. The molecule has 2 unspecified atom stereocenters. The van der Waals surface area contributed by atoms with Crippen LogP contribution < -0.4 is 10.2 Å². The summed E-state index contributed by atoms with van der Waals surface area (Å²) in [7, 11) is 1.94. The van der Waals surface area contributed by atoms with Gasteiger partial charge in [0.25, 0.3) is 0 Å². The lowest BCUT2D eigenvalue weighted by atomic mass is 10.0. The van der Waals surface area contributed by atoms with E-state index in [0.717, 1.165) is 12.2 Å². The lowest BCUT2D eigenvalue weighted by Gasteiger charge is -2.25. The molecule has 0 saturated carbocycles. The highest BCUT2D eigenvalue weighted by molar-refractivity contribution is 5.96. The largest absolute Gasteiger partial charge is 0.319 e. The highest BCUT2D eigenvalue weighted by Crippen LogP contribution is 2.31. The van der Waals surface area contributed by atoms with Crippen LogP contribution in [0.25, 0.3) is 0 Å². The van der Waals surface area contributed by atoms with Crippen molar-refractivity contribution in [2.75, 3.05) is 18.5 Å². The number of amides is 1. The second-order valence-corrected chi connectivity index (χ2v) is 5.37. The minimum absolute atomic E-state index is 0.243. The van der Waals surface area contributed by atoms with Crippen LogP contribution >= 0.6 is 0 Å². The average Bonchev–Trinajstić information content (AvgIpc) is 2.53. The zero-order valence-electron chi connectivity index (χ0n) is 11.7. The van der Waals surface area contributed by atoms with Gasteiger partial charge in [0.2, 0.25) is 5.91 Å². The standard InChI is InChI=1S/C15H22N2O/c1-10-5-11(2)7-14(6-10)17-12(3)13(9-16-4)8-15(17)18/h5-7,12-13,16H,8-9H2,1-4H3. The Morgan fingerprint density at radius 3 is 2.44 bits per heavy atom. The average molecular weight is 246 g/mol. The van der Waals surface area contributed by atoms with Gasteiger partial charge in [0.05, 0.1) is 0 Å². The number of benzene rings is 1. The van der Waals surface area contributed by atoms with Gasteiger partial charge in [-0.25, -0.2) is 0 Å². The van der Waals surface area contributed by atoms with Gasteiger partial charge < -0.3 is 10.2 Å². The third-order valence-corrected chi connectivity index (χ3v) is 3.75. The van der Waals surface area contributed by atoms with Crippen molar-refractivity contribution in [1.29, 1.82) is 0 Å². The first-order valence-electron chi connectivity index (χ1n) is 6.58. The van der Waals surface area contributed by atoms with Crippen LogP contribution in [0.4, 0.5) is 5.69 Å². The second-order valence-electron chi connectivity index (χ2n) is 5.37. The van der Waals surface area contributed by atoms with Crippen LogP contribution in [0.5, 0.6) is 0 Å². The van der Waals surface area contributed by atoms with E-state index in [2.05, 4.69) is 44.3 Å². The van der Waals surface area contributed by atoms with Crippen molar-refractivity contribution in [2.24, 2.45) is 5.92 Å². The van der Waals surface area contributed by atoms with E-state index in [1.54, 1.807) is 0 Å². The fraction of sp³-hybridized carbons (Fsp3) is 0.533. The Bertz CT molecular complexity index is 436. The normalized spacial score (nSPS) is 23.8. The molecule has 0 bridgehead atoms. The molecule has 1 aromatic carbocycles. The Kier molecular flexibility index (Phi) is 3.71. The second kappa shape index (κ2) is 5.11. The number of aryl methyl sites for hydroxylation is 2. The zero-order chi connectivity index (χ0) is 13.3. The van der Waals surface area contributed by atoms with Gasteiger partial charge in [-0.15, -0.1) is 0 Å². The molecule has 0 radical (unpaired) electrons. The molecule has 2 rings (SSSR count). The number of carbonyl (C=O) groups excluding carboxylic acids is 1. The summed E-state index contributed by atoms with van der Waals surface area (Å²) in [5, 5.41) is 3.18. The zero-order valence-corrected chi connectivity index (χ0v) is 11.7. The van der Waals surface area contributed by atoms with Gasteiger partial charge in [-0.1, -0.05) is 6.07 Å². The van der Waals surface area contributed by atoms with Crippen LogP contribution in [0, 0.1) is 19.8 Å². The van der Waals surface area contributed by atoms with E-state index >= 15 is 0 Å². The summed E-state index contributed by atoms with van der Waals surface area (Å²) >= 11 is 0. The van der Waals surface area contributed by atoms with Gasteiger partial charge in [-0.2, -0.15) is 0 Å². The molecule has 1 aromatic rings. The molecular weight excluding hydrogens is 224 g/mol. The molecule has 3 nitrogen and oxygen atoms in total. The van der Waals surface area contributed by atoms with E-state index in [0.29, 0.717) is 12.3 Å². The summed E-state index contributed by atoms with van der Waals surface area (Å²) in [5.74, 6) is 0.649. The fourth-order valence-corrected chi connectivity index (χ4v) is 2.90. The molecule has 1 N–H and O–H groups in total. The van der Waals surface area contributed by atoms with Crippen molar-refractivity contribution in [3.63, 3.8) is 0 Å². The van der Waals surface area contributed by atoms with E-state index < -0.39 is 0 Å². The molecule has 0 spiro atoms. The quantitative estimate of drug-likeness (QED) is 0.887. The van der Waals surface area contributed by atoms with E-state index in [1.165, 1.54) is 11.1 Å². The van der Waals surface area contributed by atoms with E-state index in [4.69, 9.17) is 0 Å². The molecule has 1 aliphatic heterocycles. The smallest absolute Gasteiger partial charge is 0.227 e. The summed E-state index contributed by atoms with van der Waals surface area (Å²) in [6, 6.07) is 6.61. The Hall–Kier alpha value is -1.35. The van der Waals surface area contributed by atoms with Gasteiger partial charge >= 0.3 is 0 Å². The van der Waals surface area contributed by atoms with E-state index in [-0.39, 0.29) is 11.9 Å². The third kappa shape index (κ3) is 2.41. The molecule has 18 heavy (non-hydrogen) atoms. The monoisotopic (exact) mass is 246 g/mol. The molecule has 1 heterocycles. The Morgan fingerprint density at radius 2 is 1.89 bits per heavy atom. The summed E-state index contributed by atoms with van der Waals surface area (Å²) in [6.07, 6.45) is 0.648. The predicted octanol–water partition coefficient (Wildman–Crippen LogP) is 2.26. The van der Waals surface area contributed by atoms with Crippen molar-refractivity contribution >= 4 is 11.6 Å². The maximum atomic E-state index is 12.2. The lowest BCUT2D eigenvalue weighted by molar-refractivity contribution is -0.117. The Balaban J connectivity index is 2.29. The van der Waals surface area contributed by atoms with Crippen LogP contribution in [0.3, 0.4) is 0 Å². The predicted molar refractivity (Wildman–Crippen MR) is 74.9 cm³/mol. The number of rotatable bonds is 3. The summed E-state index contributed by atoms with van der Waals surface area (Å²) < 4.78 is 0. The van der Waals surface area contributed by atoms with Crippen LogP contribution in [-0.2, 0) is 4.79 Å². The first-order valence-corrected chi connectivity index (χ1v) is 6.58. The maximum Gasteiger partial charge on any atom is 0.227 e. The van der Waals surface area contributed by atoms with Crippen molar-refractivity contribution < 1.29 is 4.79 Å². The van der Waals surface area contributed by atoms with Gasteiger partial charge in [-0.3, -0.25) is 4.79 Å². The van der Waals surface area contributed by atoms with Crippen LogP contribution in [0.15, 0.2) is 18.2 Å². The SMILES string of the molecule is CNCC1CC(=O)N(c2cc(C)cc(C)c2)C1C. The molecule has 0 aromatic heterocycles. The van der Waals surface area contributed by atoms with Crippen molar-refractivity contribution in [1.82, 2.24) is 5.32 Å². The molecule has 1 fully saturated rings. The number of hydrogen-bond acceptors (Lipinski definition) is 2. The lowest BCUT2D eigenvalue weighted by Crippen LogP contribution is -2.35. The van der Waals surface area contributed by atoms with Crippen molar-refractivity contribution in [3.05, 3.63) is 29.3 Å². The molecule has 1 aliphatic rings. The molecule has 3 heteroatoms. The molecule has 98 valence electrons. The number of nitrogens with zero attached hydrogens (tertiary/aromatic N) is 1. The summed E-state index contributed by atoms with van der Waals surface area (Å²) in [5.41, 5.74) is 3.47. The van der Waals surface area contributed by atoms with Crippen LogP contribution in [-0.4, -0.2) is 25.5 Å². The van der Waals surface area contributed by atoms with Gasteiger partial charge in [-0.05, 0) is 51.1 Å². The Morgan fingerprint density at radius 1 is 1.28 bits per heavy atom.